The SMILES string of the molecule is COCCCn1nnc(C(=O)O)c1-c1ccc(Cl)cc1. The Hall–Kier alpha value is -1.92. The molecule has 0 aliphatic carbocycles. The number of ether oxygens (including phenoxy) is 1. The molecule has 1 aromatic heterocycles. The molecule has 0 saturated heterocycles. The predicted molar refractivity (Wildman–Crippen MR) is 73.9 cm³/mol. The van der Waals surface area contributed by atoms with Crippen molar-refractivity contribution in [2.24, 2.45) is 0 Å². The molecule has 2 aromatic rings. The van der Waals surface area contributed by atoms with Gasteiger partial charge in [-0.3, -0.25) is 0 Å². The van der Waals surface area contributed by atoms with Gasteiger partial charge in [-0.1, -0.05) is 28.9 Å². The molecule has 0 aliphatic rings. The van der Waals surface area contributed by atoms with Gasteiger partial charge >= 0.3 is 5.97 Å². The van der Waals surface area contributed by atoms with Crippen molar-refractivity contribution in [1.29, 1.82) is 0 Å². The van der Waals surface area contributed by atoms with Crippen LogP contribution in [0.15, 0.2) is 24.3 Å². The largest absolute Gasteiger partial charge is 0.476 e. The van der Waals surface area contributed by atoms with Crippen LogP contribution in [0.5, 0.6) is 0 Å². The van der Waals surface area contributed by atoms with Gasteiger partial charge < -0.3 is 9.84 Å². The van der Waals surface area contributed by atoms with E-state index in [4.69, 9.17) is 16.3 Å². The van der Waals surface area contributed by atoms with E-state index in [2.05, 4.69) is 10.3 Å². The molecule has 0 radical (unpaired) electrons. The van der Waals surface area contributed by atoms with Gasteiger partial charge in [-0.2, -0.15) is 0 Å². The fourth-order valence-corrected chi connectivity index (χ4v) is 1.99. The normalized spacial score (nSPS) is 10.7. The van der Waals surface area contributed by atoms with Gasteiger partial charge in [0.25, 0.3) is 0 Å². The van der Waals surface area contributed by atoms with Crippen LogP contribution >= 0.6 is 11.6 Å². The molecule has 0 amide bonds. The number of aryl methyl sites for hydroxylation is 1. The highest BCUT2D eigenvalue weighted by molar-refractivity contribution is 6.30. The standard InChI is InChI=1S/C13H14ClN3O3/c1-20-8-2-7-17-12(11(13(18)19)15-16-17)9-3-5-10(14)6-4-9/h3-6H,2,7-8H2,1H3,(H,18,19). The van der Waals surface area contributed by atoms with Crippen LogP contribution in [0.1, 0.15) is 16.9 Å². The van der Waals surface area contributed by atoms with Gasteiger partial charge in [-0.25, -0.2) is 9.48 Å². The molecule has 1 heterocycles. The summed E-state index contributed by atoms with van der Waals surface area (Å²) in [6.45, 7) is 1.11. The molecular weight excluding hydrogens is 282 g/mol. The van der Waals surface area contributed by atoms with Gasteiger partial charge in [0.1, 0.15) is 5.69 Å². The molecule has 0 saturated carbocycles. The Bertz CT molecular complexity index is 595. The van der Waals surface area contributed by atoms with Crippen LogP contribution in [0.25, 0.3) is 11.3 Å². The van der Waals surface area contributed by atoms with Crippen molar-refractivity contribution in [3.05, 3.63) is 35.0 Å². The van der Waals surface area contributed by atoms with Gasteiger partial charge in [-0.05, 0) is 18.6 Å². The summed E-state index contributed by atoms with van der Waals surface area (Å²) >= 11 is 5.85. The number of benzene rings is 1. The lowest BCUT2D eigenvalue weighted by atomic mass is 10.1. The number of carboxylic acids is 1. The van der Waals surface area contributed by atoms with E-state index in [1.54, 1.807) is 36.1 Å². The Morgan fingerprint density at radius 1 is 1.40 bits per heavy atom. The molecule has 0 fully saturated rings. The lowest BCUT2D eigenvalue weighted by molar-refractivity contribution is 0.0691. The molecule has 1 N–H and O–H groups in total. The number of hydrogen-bond donors (Lipinski definition) is 1. The first kappa shape index (κ1) is 14.5. The van der Waals surface area contributed by atoms with Gasteiger partial charge in [0.05, 0.1) is 0 Å². The maximum absolute atomic E-state index is 11.2. The zero-order valence-corrected chi connectivity index (χ0v) is 11.7. The Morgan fingerprint density at radius 3 is 2.70 bits per heavy atom. The quantitative estimate of drug-likeness (QED) is 0.828. The molecule has 20 heavy (non-hydrogen) atoms. The number of carbonyl (C=O) groups is 1. The van der Waals surface area contributed by atoms with E-state index in [1.165, 1.54) is 0 Å². The third-order valence-corrected chi connectivity index (χ3v) is 3.03. The maximum atomic E-state index is 11.2. The summed E-state index contributed by atoms with van der Waals surface area (Å²) in [5.41, 5.74) is 1.13. The summed E-state index contributed by atoms with van der Waals surface area (Å²) in [5, 5.41) is 17.4. The molecule has 2 rings (SSSR count). The molecule has 1 aromatic carbocycles. The fraction of sp³-hybridized carbons (Fsp3) is 0.308. The van der Waals surface area contributed by atoms with Crippen LogP contribution < -0.4 is 0 Å². The summed E-state index contributed by atoms with van der Waals surface area (Å²) in [5.74, 6) is -1.10. The van der Waals surface area contributed by atoms with Crippen molar-refractivity contribution in [2.75, 3.05) is 13.7 Å². The number of aromatic nitrogens is 3. The van der Waals surface area contributed by atoms with Gasteiger partial charge in [0, 0.05) is 30.8 Å². The Labute approximate surface area is 120 Å². The lowest BCUT2D eigenvalue weighted by Crippen LogP contribution is -2.06. The number of halogens is 1. The zero-order chi connectivity index (χ0) is 14.5. The minimum absolute atomic E-state index is 0.0651. The van der Waals surface area contributed by atoms with Gasteiger partial charge in [-0.15, -0.1) is 5.10 Å². The van der Waals surface area contributed by atoms with Crippen molar-refractivity contribution >= 4 is 17.6 Å². The Morgan fingerprint density at radius 2 is 2.10 bits per heavy atom. The first-order valence-electron chi connectivity index (χ1n) is 6.05. The highest BCUT2D eigenvalue weighted by Crippen LogP contribution is 2.24. The number of hydrogen-bond acceptors (Lipinski definition) is 4. The molecule has 6 nitrogen and oxygen atoms in total. The second-order valence-corrected chi connectivity index (χ2v) is 4.60. The van der Waals surface area contributed by atoms with E-state index in [0.29, 0.717) is 29.4 Å². The summed E-state index contributed by atoms with van der Waals surface area (Å²) in [6, 6.07) is 6.91. The van der Waals surface area contributed by atoms with Crippen molar-refractivity contribution < 1.29 is 14.6 Å². The highest BCUT2D eigenvalue weighted by atomic mass is 35.5. The fourth-order valence-electron chi connectivity index (χ4n) is 1.87. The number of methoxy groups -OCH3 is 1. The summed E-state index contributed by atoms with van der Waals surface area (Å²) in [7, 11) is 1.62. The van der Waals surface area contributed by atoms with E-state index < -0.39 is 5.97 Å². The molecule has 0 spiro atoms. The third-order valence-electron chi connectivity index (χ3n) is 2.77. The topological polar surface area (TPSA) is 77.2 Å². The average molecular weight is 296 g/mol. The average Bonchev–Trinajstić information content (AvgIpc) is 2.84. The van der Waals surface area contributed by atoms with Gasteiger partial charge in [0.2, 0.25) is 0 Å². The van der Waals surface area contributed by atoms with Crippen LogP contribution in [-0.4, -0.2) is 39.8 Å². The summed E-state index contributed by atoms with van der Waals surface area (Å²) in [4.78, 5) is 11.2. The molecule has 7 heteroatoms. The van der Waals surface area contributed by atoms with E-state index in [0.717, 1.165) is 6.42 Å². The molecular formula is C13H14ClN3O3. The highest BCUT2D eigenvalue weighted by Gasteiger charge is 2.20. The first-order chi connectivity index (χ1) is 9.63. The summed E-state index contributed by atoms with van der Waals surface area (Å²) < 4.78 is 6.56. The second kappa shape index (κ2) is 6.49. The van der Waals surface area contributed by atoms with Crippen molar-refractivity contribution in [3.8, 4) is 11.3 Å². The number of aromatic carboxylic acids is 1. The predicted octanol–water partition coefficient (Wildman–Crippen LogP) is 2.33. The second-order valence-electron chi connectivity index (χ2n) is 4.17. The lowest BCUT2D eigenvalue weighted by Gasteiger charge is -2.07. The third kappa shape index (κ3) is 3.15. The van der Waals surface area contributed by atoms with E-state index >= 15 is 0 Å². The van der Waals surface area contributed by atoms with Crippen LogP contribution in [0.4, 0.5) is 0 Å². The number of nitrogens with zero attached hydrogens (tertiary/aromatic N) is 3. The van der Waals surface area contributed by atoms with Crippen molar-refractivity contribution in [2.45, 2.75) is 13.0 Å². The zero-order valence-electron chi connectivity index (χ0n) is 10.9. The monoisotopic (exact) mass is 295 g/mol. The number of rotatable bonds is 6. The van der Waals surface area contributed by atoms with Crippen LogP contribution in [0.2, 0.25) is 5.02 Å². The first-order valence-corrected chi connectivity index (χ1v) is 6.43. The van der Waals surface area contributed by atoms with E-state index in [9.17, 15) is 9.90 Å². The van der Waals surface area contributed by atoms with E-state index in [1.807, 2.05) is 0 Å². The Kier molecular flexibility index (Phi) is 4.70. The maximum Gasteiger partial charge on any atom is 0.358 e. The molecule has 106 valence electrons. The van der Waals surface area contributed by atoms with Crippen molar-refractivity contribution in [1.82, 2.24) is 15.0 Å². The van der Waals surface area contributed by atoms with Crippen molar-refractivity contribution in [3.63, 3.8) is 0 Å². The smallest absolute Gasteiger partial charge is 0.358 e. The molecule has 0 aliphatic heterocycles. The number of carboxylic acid groups (broad SMARTS) is 1. The molecule has 0 bridgehead atoms. The Balaban J connectivity index is 2.38. The van der Waals surface area contributed by atoms with Crippen LogP contribution in [0, 0.1) is 0 Å². The van der Waals surface area contributed by atoms with Gasteiger partial charge in [0.15, 0.2) is 5.69 Å². The summed E-state index contributed by atoms with van der Waals surface area (Å²) in [6.07, 6.45) is 0.722. The minimum Gasteiger partial charge on any atom is -0.476 e. The van der Waals surface area contributed by atoms with E-state index in [-0.39, 0.29) is 5.69 Å². The van der Waals surface area contributed by atoms with Crippen LogP contribution in [0.3, 0.4) is 0 Å². The molecule has 0 unspecified atom stereocenters. The minimum atomic E-state index is -1.10. The molecule has 0 atom stereocenters. The van der Waals surface area contributed by atoms with Crippen LogP contribution in [-0.2, 0) is 11.3 Å².